The number of hydrogen-bond acceptors (Lipinski definition) is 5. The molecule has 9 nitrogen and oxygen atoms in total. The number of anilines is 1. The molecule has 2 fully saturated rings. The van der Waals surface area contributed by atoms with Crippen molar-refractivity contribution in [2.75, 3.05) is 51.9 Å². The molecule has 2 unspecified atom stereocenters. The standard InChI is InChI=1S/C19H26N4O5/c1-27-9-7-20-17(24)13-6-8-22(11-13)18(25)16-12-23(19(26)21-16)14-4-3-5-15(10-14)28-2/h3-5,10,13,16H,6-9,11-12H2,1-2H3,(H,20,24)(H,21,26). The summed E-state index contributed by atoms with van der Waals surface area (Å²) in [5.41, 5.74) is 0.670. The van der Waals surface area contributed by atoms with E-state index in [4.69, 9.17) is 9.47 Å². The van der Waals surface area contributed by atoms with Gasteiger partial charge >= 0.3 is 6.03 Å². The quantitative estimate of drug-likeness (QED) is 0.648. The van der Waals surface area contributed by atoms with Crippen molar-refractivity contribution in [3.8, 4) is 5.75 Å². The molecule has 0 aliphatic carbocycles. The van der Waals surface area contributed by atoms with Gasteiger partial charge in [-0.25, -0.2) is 4.79 Å². The molecular formula is C19H26N4O5. The van der Waals surface area contributed by atoms with E-state index in [2.05, 4.69) is 10.6 Å². The van der Waals surface area contributed by atoms with Crippen LogP contribution in [0, 0.1) is 5.92 Å². The number of benzene rings is 1. The molecule has 9 heteroatoms. The summed E-state index contributed by atoms with van der Waals surface area (Å²) in [5.74, 6) is 0.182. The molecule has 2 aliphatic heterocycles. The van der Waals surface area contributed by atoms with Gasteiger partial charge in [-0.3, -0.25) is 14.5 Å². The predicted molar refractivity (Wildman–Crippen MR) is 102 cm³/mol. The summed E-state index contributed by atoms with van der Waals surface area (Å²) < 4.78 is 10.1. The number of carbonyl (C=O) groups excluding carboxylic acids is 3. The smallest absolute Gasteiger partial charge is 0.322 e. The lowest BCUT2D eigenvalue weighted by Gasteiger charge is -2.20. The second-order valence-corrected chi connectivity index (χ2v) is 6.87. The van der Waals surface area contributed by atoms with E-state index in [0.29, 0.717) is 44.1 Å². The molecular weight excluding hydrogens is 364 g/mol. The number of likely N-dealkylation sites (tertiary alicyclic amines) is 1. The number of amides is 4. The highest BCUT2D eigenvalue weighted by Gasteiger charge is 2.39. The number of hydrogen-bond donors (Lipinski definition) is 2. The summed E-state index contributed by atoms with van der Waals surface area (Å²) in [6.45, 7) is 2.02. The molecule has 2 aliphatic rings. The molecule has 0 saturated carbocycles. The monoisotopic (exact) mass is 390 g/mol. The van der Waals surface area contributed by atoms with Crippen LogP contribution in [-0.2, 0) is 14.3 Å². The zero-order valence-corrected chi connectivity index (χ0v) is 16.1. The molecule has 0 aromatic heterocycles. The Labute approximate surface area is 163 Å². The summed E-state index contributed by atoms with van der Waals surface area (Å²) in [6, 6.07) is 6.19. The Balaban J connectivity index is 1.57. The third-order valence-electron chi connectivity index (χ3n) is 5.05. The highest BCUT2D eigenvalue weighted by Crippen LogP contribution is 2.25. The van der Waals surface area contributed by atoms with Crippen molar-refractivity contribution in [1.82, 2.24) is 15.5 Å². The highest BCUT2D eigenvalue weighted by molar-refractivity contribution is 6.00. The first-order valence-electron chi connectivity index (χ1n) is 9.31. The van der Waals surface area contributed by atoms with E-state index < -0.39 is 6.04 Å². The van der Waals surface area contributed by atoms with Crippen molar-refractivity contribution >= 4 is 23.5 Å². The molecule has 1 aromatic carbocycles. The van der Waals surface area contributed by atoms with Crippen LogP contribution < -0.4 is 20.3 Å². The van der Waals surface area contributed by atoms with Crippen LogP contribution >= 0.6 is 0 Å². The molecule has 2 heterocycles. The fourth-order valence-electron chi connectivity index (χ4n) is 3.49. The Morgan fingerprint density at radius 2 is 2.11 bits per heavy atom. The minimum absolute atomic E-state index is 0.0687. The van der Waals surface area contributed by atoms with Crippen molar-refractivity contribution < 1.29 is 23.9 Å². The Kier molecular flexibility index (Phi) is 6.35. The van der Waals surface area contributed by atoms with Crippen molar-refractivity contribution in [2.45, 2.75) is 12.5 Å². The topological polar surface area (TPSA) is 100 Å². The molecule has 0 radical (unpaired) electrons. The maximum atomic E-state index is 12.8. The van der Waals surface area contributed by atoms with Crippen LogP contribution in [0.3, 0.4) is 0 Å². The molecule has 0 spiro atoms. The lowest BCUT2D eigenvalue weighted by Crippen LogP contribution is -2.45. The first-order chi connectivity index (χ1) is 13.5. The number of ether oxygens (including phenoxy) is 2. The van der Waals surface area contributed by atoms with Gasteiger partial charge in [0, 0.05) is 38.5 Å². The molecule has 3 rings (SSSR count). The first-order valence-corrected chi connectivity index (χ1v) is 9.31. The van der Waals surface area contributed by atoms with E-state index in [1.807, 2.05) is 0 Å². The number of rotatable bonds is 7. The fraction of sp³-hybridized carbons (Fsp3) is 0.526. The van der Waals surface area contributed by atoms with Crippen LogP contribution in [0.1, 0.15) is 6.42 Å². The van der Waals surface area contributed by atoms with Gasteiger partial charge in [0.1, 0.15) is 11.8 Å². The third kappa shape index (κ3) is 4.36. The van der Waals surface area contributed by atoms with Crippen LogP contribution in [-0.4, -0.2) is 75.8 Å². The van der Waals surface area contributed by atoms with Gasteiger partial charge in [-0.15, -0.1) is 0 Å². The summed E-state index contributed by atoms with van der Waals surface area (Å²) >= 11 is 0. The number of carbonyl (C=O) groups is 3. The molecule has 2 N–H and O–H groups in total. The van der Waals surface area contributed by atoms with Gasteiger partial charge in [0.05, 0.1) is 26.2 Å². The minimum Gasteiger partial charge on any atom is -0.497 e. The van der Waals surface area contributed by atoms with Gasteiger partial charge < -0.3 is 25.0 Å². The van der Waals surface area contributed by atoms with E-state index in [-0.39, 0.29) is 30.3 Å². The largest absolute Gasteiger partial charge is 0.497 e. The number of nitrogens with zero attached hydrogens (tertiary/aromatic N) is 2. The zero-order chi connectivity index (χ0) is 20.1. The van der Waals surface area contributed by atoms with Gasteiger partial charge in [-0.05, 0) is 18.6 Å². The second kappa shape index (κ2) is 8.92. The Hall–Kier alpha value is -2.81. The molecule has 0 bridgehead atoms. The van der Waals surface area contributed by atoms with E-state index in [1.165, 1.54) is 4.90 Å². The van der Waals surface area contributed by atoms with Gasteiger partial charge in [0.25, 0.3) is 0 Å². The summed E-state index contributed by atoms with van der Waals surface area (Å²) in [6.07, 6.45) is 0.616. The van der Waals surface area contributed by atoms with Crippen molar-refractivity contribution in [1.29, 1.82) is 0 Å². The van der Waals surface area contributed by atoms with E-state index in [1.54, 1.807) is 43.4 Å². The number of methoxy groups -OCH3 is 2. The SMILES string of the molecule is COCCNC(=O)C1CCN(C(=O)C2CN(c3cccc(OC)c3)C(=O)N2)C1. The lowest BCUT2D eigenvalue weighted by atomic mass is 10.1. The van der Waals surface area contributed by atoms with E-state index >= 15 is 0 Å². The van der Waals surface area contributed by atoms with Gasteiger partial charge in [0.2, 0.25) is 11.8 Å². The average Bonchev–Trinajstić information content (AvgIpc) is 3.35. The first kappa shape index (κ1) is 19.9. The fourth-order valence-corrected chi connectivity index (χ4v) is 3.49. The summed E-state index contributed by atoms with van der Waals surface area (Å²) in [4.78, 5) is 40.5. The zero-order valence-electron chi connectivity index (χ0n) is 16.1. The second-order valence-electron chi connectivity index (χ2n) is 6.87. The van der Waals surface area contributed by atoms with Crippen LogP contribution in [0.25, 0.3) is 0 Å². The lowest BCUT2D eigenvalue weighted by molar-refractivity contribution is -0.132. The van der Waals surface area contributed by atoms with Crippen LogP contribution in [0.4, 0.5) is 10.5 Å². The van der Waals surface area contributed by atoms with Crippen LogP contribution in [0.5, 0.6) is 5.75 Å². The molecule has 28 heavy (non-hydrogen) atoms. The maximum Gasteiger partial charge on any atom is 0.322 e. The highest BCUT2D eigenvalue weighted by atomic mass is 16.5. The van der Waals surface area contributed by atoms with E-state index in [9.17, 15) is 14.4 Å². The normalized spacial score (nSPS) is 21.6. The minimum atomic E-state index is -0.631. The van der Waals surface area contributed by atoms with Crippen LogP contribution in [0.2, 0.25) is 0 Å². The third-order valence-corrected chi connectivity index (χ3v) is 5.05. The van der Waals surface area contributed by atoms with Gasteiger partial charge in [-0.1, -0.05) is 6.07 Å². The molecule has 2 atom stereocenters. The Morgan fingerprint density at radius 3 is 2.86 bits per heavy atom. The molecule has 1 aromatic rings. The average molecular weight is 390 g/mol. The van der Waals surface area contributed by atoms with Gasteiger partial charge in [-0.2, -0.15) is 0 Å². The molecule has 2 saturated heterocycles. The van der Waals surface area contributed by atoms with Crippen molar-refractivity contribution in [3.05, 3.63) is 24.3 Å². The van der Waals surface area contributed by atoms with Crippen molar-refractivity contribution in [2.24, 2.45) is 5.92 Å². The van der Waals surface area contributed by atoms with E-state index in [0.717, 1.165) is 0 Å². The molecule has 4 amide bonds. The van der Waals surface area contributed by atoms with Crippen molar-refractivity contribution in [3.63, 3.8) is 0 Å². The maximum absolute atomic E-state index is 12.8. The molecule has 152 valence electrons. The number of urea groups is 1. The predicted octanol–water partition coefficient (Wildman–Crippen LogP) is 0.205. The summed E-state index contributed by atoms with van der Waals surface area (Å²) in [7, 11) is 3.14. The Morgan fingerprint density at radius 1 is 1.29 bits per heavy atom. The summed E-state index contributed by atoms with van der Waals surface area (Å²) in [5, 5.41) is 5.55. The van der Waals surface area contributed by atoms with Gasteiger partial charge in [0.15, 0.2) is 0 Å². The van der Waals surface area contributed by atoms with Crippen LogP contribution in [0.15, 0.2) is 24.3 Å². The Bertz CT molecular complexity index is 741. The number of nitrogens with one attached hydrogen (secondary N) is 2.